The third kappa shape index (κ3) is 14.3. The maximum absolute atomic E-state index is 9.79. The van der Waals surface area contributed by atoms with Gasteiger partial charge in [0, 0.05) is 0 Å². The molecular formula is C7H19NO5S. The molecule has 6 nitrogen and oxygen atoms in total. The maximum atomic E-state index is 9.79. The van der Waals surface area contributed by atoms with Crippen LogP contribution >= 0.6 is 0 Å². The van der Waals surface area contributed by atoms with Crippen molar-refractivity contribution in [1.82, 2.24) is 0 Å². The summed E-state index contributed by atoms with van der Waals surface area (Å²) >= 11 is 0. The number of rotatable bonds is 4. The monoisotopic (exact) mass is 229 g/mol. The molecular weight excluding hydrogens is 210 g/mol. The second kappa shape index (κ2) is 8.13. The Morgan fingerprint density at radius 1 is 1.43 bits per heavy atom. The lowest BCUT2D eigenvalue weighted by Gasteiger charge is -2.08. The van der Waals surface area contributed by atoms with Gasteiger partial charge in [-0.15, -0.1) is 0 Å². The van der Waals surface area contributed by atoms with Gasteiger partial charge in [0.05, 0.1) is 24.5 Å². The van der Waals surface area contributed by atoms with Gasteiger partial charge in [-0.05, 0) is 13.3 Å². The molecule has 0 aliphatic carbocycles. The topological polar surface area (TPSA) is 121 Å². The van der Waals surface area contributed by atoms with Gasteiger partial charge in [0.25, 0.3) is 10.1 Å². The second-order valence-corrected chi connectivity index (χ2v) is 4.45. The fraction of sp³-hybridized carbons (Fsp3) is 1.00. The Hall–Kier alpha value is -0.210. The molecule has 0 bridgehead atoms. The Balaban J connectivity index is 0. The Morgan fingerprint density at radius 2 is 1.86 bits per heavy atom. The van der Waals surface area contributed by atoms with Crippen molar-refractivity contribution in [2.24, 2.45) is 5.73 Å². The Kier molecular flexibility index (Phi) is 9.42. The zero-order valence-corrected chi connectivity index (χ0v) is 9.24. The lowest BCUT2D eigenvalue weighted by Crippen LogP contribution is -2.35. The van der Waals surface area contributed by atoms with E-state index in [0.29, 0.717) is 6.42 Å². The largest absolute Gasteiger partial charge is 0.395 e. The quantitative estimate of drug-likeness (QED) is 0.457. The van der Waals surface area contributed by atoms with Crippen molar-refractivity contribution in [1.29, 1.82) is 0 Å². The number of aliphatic hydroxyl groups excluding tert-OH is 2. The average Bonchev–Trinajstić information content (AvgIpc) is 2.01. The van der Waals surface area contributed by atoms with E-state index in [1.165, 1.54) is 0 Å². The van der Waals surface area contributed by atoms with Gasteiger partial charge in [0.2, 0.25) is 0 Å². The second-order valence-electron chi connectivity index (χ2n) is 2.87. The van der Waals surface area contributed by atoms with Gasteiger partial charge in [-0.1, -0.05) is 6.92 Å². The van der Waals surface area contributed by atoms with Crippen LogP contribution in [0.3, 0.4) is 0 Å². The van der Waals surface area contributed by atoms with E-state index in [1.54, 1.807) is 13.8 Å². The van der Waals surface area contributed by atoms with Crippen LogP contribution in [-0.2, 0) is 10.1 Å². The zero-order valence-electron chi connectivity index (χ0n) is 8.42. The van der Waals surface area contributed by atoms with Gasteiger partial charge in [0.1, 0.15) is 0 Å². The minimum absolute atomic E-state index is 0.132. The van der Waals surface area contributed by atoms with Gasteiger partial charge in [-0.3, -0.25) is 4.55 Å². The van der Waals surface area contributed by atoms with E-state index >= 15 is 0 Å². The molecule has 0 aliphatic heterocycles. The van der Waals surface area contributed by atoms with Crippen LogP contribution in [0, 0.1) is 0 Å². The number of aliphatic hydroxyl groups is 2. The highest BCUT2D eigenvalue weighted by molar-refractivity contribution is 7.85. The van der Waals surface area contributed by atoms with E-state index in [0.717, 1.165) is 0 Å². The molecule has 0 spiro atoms. The van der Waals surface area contributed by atoms with Crippen LogP contribution in [-0.4, -0.2) is 47.7 Å². The van der Waals surface area contributed by atoms with Crippen molar-refractivity contribution in [3.05, 3.63) is 0 Å². The molecule has 0 fully saturated rings. The zero-order chi connectivity index (χ0) is 11.8. The van der Waals surface area contributed by atoms with E-state index in [1.807, 2.05) is 0 Å². The third-order valence-corrected chi connectivity index (χ3v) is 2.22. The highest BCUT2D eigenvalue weighted by Gasteiger charge is 2.04. The minimum Gasteiger partial charge on any atom is -0.395 e. The van der Waals surface area contributed by atoms with E-state index in [4.69, 9.17) is 20.5 Å². The lowest BCUT2D eigenvalue weighted by atomic mass is 10.2. The average molecular weight is 229 g/mol. The van der Waals surface area contributed by atoms with Crippen LogP contribution in [0.5, 0.6) is 0 Å². The van der Waals surface area contributed by atoms with Crippen molar-refractivity contribution in [2.45, 2.75) is 32.4 Å². The first kappa shape index (κ1) is 16.2. The summed E-state index contributed by atoms with van der Waals surface area (Å²) in [6.07, 6.45) is -0.135. The summed E-state index contributed by atoms with van der Waals surface area (Å²) in [4.78, 5) is 0. The first-order valence-corrected chi connectivity index (χ1v) is 5.85. The lowest BCUT2D eigenvalue weighted by molar-refractivity contribution is 0.123. The Bertz CT molecular complexity index is 214. The van der Waals surface area contributed by atoms with Crippen LogP contribution in [0.4, 0.5) is 0 Å². The van der Waals surface area contributed by atoms with Crippen LogP contribution in [0.2, 0.25) is 0 Å². The summed E-state index contributed by atoms with van der Waals surface area (Å²) in [5.41, 5.74) is 5.12. The first-order chi connectivity index (χ1) is 6.24. The highest BCUT2D eigenvalue weighted by atomic mass is 32.2. The molecule has 0 radical (unpaired) electrons. The summed E-state index contributed by atoms with van der Waals surface area (Å²) in [6.45, 7) is 3.08. The molecule has 0 aromatic rings. The molecule has 0 heterocycles. The fourth-order valence-electron chi connectivity index (χ4n) is 0.411. The Morgan fingerprint density at radius 3 is 1.86 bits per heavy atom. The Labute approximate surface area is 84.5 Å². The minimum atomic E-state index is -3.67. The first-order valence-electron chi connectivity index (χ1n) is 4.24. The SMILES string of the molecule is CC(O)C(N)CO.CCCS(=O)(=O)O. The highest BCUT2D eigenvalue weighted by Crippen LogP contribution is 1.84. The van der Waals surface area contributed by atoms with E-state index < -0.39 is 22.3 Å². The van der Waals surface area contributed by atoms with Crippen molar-refractivity contribution < 1.29 is 23.2 Å². The maximum Gasteiger partial charge on any atom is 0.264 e. The smallest absolute Gasteiger partial charge is 0.264 e. The molecule has 0 amide bonds. The van der Waals surface area contributed by atoms with Crippen LogP contribution in [0.25, 0.3) is 0 Å². The predicted octanol–water partition coefficient (Wildman–Crippen LogP) is -1.03. The van der Waals surface area contributed by atoms with Gasteiger partial charge < -0.3 is 15.9 Å². The molecule has 5 N–H and O–H groups in total. The van der Waals surface area contributed by atoms with Gasteiger partial charge in [-0.2, -0.15) is 8.42 Å². The molecule has 88 valence electrons. The van der Waals surface area contributed by atoms with Gasteiger partial charge in [0.15, 0.2) is 0 Å². The third-order valence-electron chi connectivity index (χ3n) is 1.29. The summed E-state index contributed by atoms with van der Waals surface area (Å²) in [5.74, 6) is -0.132. The molecule has 0 aromatic carbocycles. The number of nitrogens with two attached hydrogens (primary N) is 1. The fourth-order valence-corrected chi connectivity index (χ4v) is 0.926. The predicted molar refractivity (Wildman–Crippen MR) is 53.4 cm³/mol. The van der Waals surface area contributed by atoms with Gasteiger partial charge >= 0.3 is 0 Å². The molecule has 0 saturated carbocycles. The summed E-state index contributed by atoms with van der Waals surface area (Å²) in [5, 5.41) is 16.8. The standard InChI is InChI=1S/C4H11NO2.C3H8O3S/c1-3(7)4(5)2-6;1-2-3-7(4,5)6/h3-4,6-7H,2,5H2,1H3;2-3H2,1H3,(H,4,5,6). The molecule has 2 unspecified atom stereocenters. The summed E-state index contributed by atoms with van der Waals surface area (Å²) in [7, 11) is -3.67. The van der Waals surface area contributed by atoms with E-state index in [-0.39, 0.29) is 12.4 Å². The summed E-state index contributed by atoms with van der Waals surface area (Å²) in [6, 6.07) is -0.486. The molecule has 14 heavy (non-hydrogen) atoms. The van der Waals surface area contributed by atoms with Crippen LogP contribution < -0.4 is 5.73 Å². The molecule has 0 saturated heterocycles. The molecule has 0 aromatic heterocycles. The van der Waals surface area contributed by atoms with Crippen molar-refractivity contribution in [2.75, 3.05) is 12.4 Å². The van der Waals surface area contributed by atoms with Crippen molar-refractivity contribution >= 4 is 10.1 Å². The molecule has 2 atom stereocenters. The molecule has 0 aliphatic rings. The van der Waals surface area contributed by atoms with Crippen LogP contribution in [0.15, 0.2) is 0 Å². The van der Waals surface area contributed by atoms with Crippen LogP contribution in [0.1, 0.15) is 20.3 Å². The van der Waals surface area contributed by atoms with E-state index in [9.17, 15) is 8.42 Å². The summed E-state index contributed by atoms with van der Waals surface area (Å²) < 4.78 is 27.6. The normalized spacial score (nSPS) is 15.3. The molecule has 7 heteroatoms. The number of hydrogen-bond donors (Lipinski definition) is 4. The van der Waals surface area contributed by atoms with Crippen molar-refractivity contribution in [3.63, 3.8) is 0 Å². The van der Waals surface area contributed by atoms with Gasteiger partial charge in [-0.25, -0.2) is 0 Å². The number of hydrogen-bond acceptors (Lipinski definition) is 5. The van der Waals surface area contributed by atoms with E-state index in [2.05, 4.69) is 0 Å². The van der Waals surface area contributed by atoms with Crippen molar-refractivity contribution in [3.8, 4) is 0 Å². The molecule has 0 rings (SSSR count).